The SMILES string of the molecule is CCCc1c(Cc2ccc(-c3ccccc3-c3nnn[nH]3)cc2)c(=O)n2n1C(C)C=CC2C(=O)N(CC)CC. The highest BCUT2D eigenvalue weighted by molar-refractivity contribution is 5.82. The van der Waals surface area contributed by atoms with E-state index in [1.54, 1.807) is 9.58 Å². The first kappa shape index (κ1) is 26.3. The second-order valence-electron chi connectivity index (χ2n) is 9.92. The van der Waals surface area contributed by atoms with Gasteiger partial charge < -0.3 is 4.90 Å². The van der Waals surface area contributed by atoms with E-state index in [4.69, 9.17) is 0 Å². The van der Waals surface area contributed by atoms with Crippen molar-refractivity contribution in [1.82, 2.24) is 34.9 Å². The molecule has 0 bridgehead atoms. The van der Waals surface area contributed by atoms with Gasteiger partial charge in [-0.3, -0.25) is 14.3 Å². The van der Waals surface area contributed by atoms with Crippen molar-refractivity contribution in [2.45, 2.75) is 59.0 Å². The van der Waals surface area contributed by atoms with E-state index in [2.05, 4.69) is 63.4 Å². The highest BCUT2D eigenvalue weighted by Gasteiger charge is 2.33. The molecule has 2 aromatic carbocycles. The number of nitrogens with zero attached hydrogens (tertiary/aromatic N) is 6. The highest BCUT2D eigenvalue weighted by Crippen LogP contribution is 2.31. The lowest BCUT2D eigenvalue weighted by atomic mass is 9.96. The van der Waals surface area contributed by atoms with E-state index >= 15 is 0 Å². The maximum atomic E-state index is 14.0. The van der Waals surface area contributed by atoms with Crippen LogP contribution in [0.3, 0.4) is 0 Å². The van der Waals surface area contributed by atoms with Gasteiger partial charge in [0.15, 0.2) is 11.9 Å². The zero-order chi connectivity index (χ0) is 27.5. The Morgan fingerprint density at radius 2 is 1.69 bits per heavy atom. The monoisotopic (exact) mass is 525 g/mol. The Kier molecular flexibility index (Phi) is 7.58. The van der Waals surface area contributed by atoms with Crippen molar-refractivity contribution in [2.75, 3.05) is 13.1 Å². The molecule has 202 valence electrons. The number of rotatable bonds is 9. The average molecular weight is 526 g/mol. The molecule has 0 saturated carbocycles. The number of H-pyrrole nitrogens is 1. The number of amides is 1. The molecule has 9 nitrogen and oxygen atoms in total. The standard InChI is InChI=1S/C30H35N7O2/c1-5-10-26-25(29(38)37-27(18-13-20(4)36(26)37)30(39)35(6-2)7-3)19-21-14-16-22(17-15-21)23-11-8-9-12-24(23)28-31-33-34-32-28/h8-9,11-18,20,27H,5-7,10,19H2,1-4H3,(H,31,32,33,34). The lowest BCUT2D eigenvalue weighted by Gasteiger charge is -2.30. The third-order valence-electron chi connectivity index (χ3n) is 7.53. The summed E-state index contributed by atoms with van der Waals surface area (Å²) in [5.74, 6) is 0.575. The summed E-state index contributed by atoms with van der Waals surface area (Å²) in [5, 5.41) is 14.3. The summed E-state index contributed by atoms with van der Waals surface area (Å²) in [5.41, 5.74) is 5.73. The maximum absolute atomic E-state index is 14.0. The third-order valence-corrected chi connectivity index (χ3v) is 7.53. The van der Waals surface area contributed by atoms with E-state index in [0.717, 1.165) is 46.4 Å². The first-order valence-electron chi connectivity index (χ1n) is 13.7. The van der Waals surface area contributed by atoms with Crippen molar-refractivity contribution in [3.63, 3.8) is 0 Å². The minimum absolute atomic E-state index is 0.00166. The molecular formula is C30H35N7O2. The number of hydrogen-bond acceptors (Lipinski definition) is 5. The van der Waals surface area contributed by atoms with Crippen LogP contribution >= 0.6 is 0 Å². The molecule has 0 saturated heterocycles. The molecule has 9 heteroatoms. The Morgan fingerprint density at radius 1 is 0.974 bits per heavy atom. The highest BCUT2D eigenvalue weighted by atomic mass is 16.2. The molecule has 1 N–H and O–H groups in total. The normalized spacial score (nSPS) is 16.3. The smallest absolute Gasteiger partial charge is 0.271 e. The summed E-state index contributed by atoms with van der Waals surface area (Å²) in [4.78, 5) is 29.1. The predicted molar refractivity (Wildman–Crippen MR) is 151 cm³/mol. The van der Waals surface area contributed by atoms with Gasteiger partial charge in [0, 0.05) is 36.3 Å². The molecule has 1 amide bonds. The Balaban J connectivity index is 1.51. The molecule has 3 heterocycles. The largest absolute Gasteiger partial charge is 0.341 e. The van der Waals surface area contributed by atoms with Crippen LogP contribution in [0.1, 0.15) is 63.0 Å². The first-order valence-corrected chi connectivity index (χ1v) is 13.7. The topological polar surface area (TPSA) is 102 Å². The number of fused-ring (bicyclic) bond motifs is 1. The van der Waals surface area contributed by atoms with Crippen LogP contribution in [0.15, 0.2) is 65.5 Å². The lowest BCUT2D eigenvalue weighted by molar-refractivity contribution is -0.133. The molecule has 0 spiro atoms. The number of likely N-dealkylation sites (N-methyl/N-ethyl adjacent to an activating group) is 1. The Morgan fingerprint density at radius 3 is 2.33 bits per heavy atom. The van der Waals surface area contributed by atoms with Crippen LogP contribution in [0, 0.1) is 0 Å². The van der Waals surface area contributed by atoms with Crippen molar-refractivity contribution in [3.05, 3.63) is 87.9 Å². The van der Waals surface area contributed by atoms with Crippen molar-refractivity contribution >= 4 is 5.91 Å². The van der Waals surface area contributed by atoms with Gasteiger partial charge in [-0.15, -0.1) is 5.10 Å². The number of hydrogen-bond donors (Lipinski definition) is 1. The van der Waals surface area contributed by atoms with Gasteiger partial charge in [-0.05, 0) is 54.3 Å². The van der Waals surface area contributed by atoms with Crippen molar-refractivity contribution in [3.8, 4) is 22.5 Å². The lowest BCUT2D eigenvalue weighted by Crippen LogP contribution is -2.43. The molecule has 0 aliphatic carbocycles. The number of aromatic amines is 1. The van der Waals surface area contributed by atoms with Gasteiger partial charge >= 0.3 is 0 Å². The van der Waals surface area contributed by atoms with Gasteiger partial charge in [-0.2, -0.15) is 0 Å². The number of nitrogens with one attached hydrogen (secondary N) is 1. The van der Waals surface area contributed by atoms with Crippen molar-refractivity contribution in [2.24, 2.45) is 0 Å². The molecule has 2 unspecified atom stereocenters. The van der Waals surface area contributed by atoms with Gasteiger partial charge in [-0.1, -0.05) is 74.0 Å². The van der Waals surface area contributed by atoms with Crippen LogP contribution in [0.5, 0.6) is 0 Å². The molecule has 5 rings (SSSR count). The number of carbonyl (C=O) groups excluding carboxylic acids is 1. The quantitative estimate of drug-likeness (QED) is 0.322. The molecular weight excluding hydrogens is 490 g/mol. The summed E-state index contributed by atoms with van der Waals surface area (Å²) < 4.78 is 3.75. The Hall–Kier alpha value is -4.27. The van der Waals surface area contributed by atoms with Crippen molar-refractivity contribution < 1.29 is 4.79 Å². The summed E-state index contributed by atoms with van der Waals surface area (Å²) in [6.07, 6.45) is 6.13. The average Bonchev–Trinajstić information content (AvgIpc) is 3.59. The van der Waals surface area contributed by atoms with E-state index in [1.165, 1.54) is 0 Å². The zero-order valence-corrected chi connectivity index (χ0v) is 23.0. The molecule has 0 fully saturated rings. The minimum atomic E-state index is -0.623. The van der Waals surface area contributed by atoms with Gasteiger partial charge in [0.1, 0.15) is 0 Å². The summed E-state index contributed by atoms with van der Waals surface area (Å²) in [7, 11) is 0. The molecule has 1 aliphatic rings. The first-order chi connectivity index (χ1) is 19.0. The van der Waals surface area contributed by atoms with Crippen LogP contribution in [-0.4, -0.2) is 53.9 Å². The number of allylic oxidation sites excluding steroid dienone is 1. The number of benzene rings is 2. The van der Waals surface area contributed by atoms with Gasteiger partial charge in [0.05, 0.1) is 6.04 Å². The molecule has 2 atom stereocenters. The van der Waals surface area contributed by atoms with E-state index < -0.39 is 6.04 Å². The fraction of sp³-hybridized carbons (Fsp3) is 0.367. The van der Waals surface area contributed by atoms with Crippen LogP contribution < -0.4 is 5.56 Å². The van der Waals surface area contributed by atoms with E-state index in [0.29, 0.717) is 25.3 Å². The molecule has 1 aliphatic heterocycles. The van der Waals surface area contributed by atoms with Gasteiger partial charge in [-0.25, -0.2) is 9.78 Å². The summed E-state index contributed by atoms with van der Waals surface area (Å²) in [6, 6.07) is 15.6. The third kappa shape index (κ3) is 4.84. The van der Waals surface area contributed by atoms with E-state index in [9.17, 15) is 9.59 Å². The fourth-order valence-corrected chi connectivity index (χ4v) is 5.57. The van der Waals surface area contributed by atoms with Crippen molar-refractivity contribution in [1.29, 1.82) is 0 Å². The predicted octanol–water partition coefficient (Wildman–Crippen LogP) is 4.58. The molecule has 0 radical (unpaired) electrons. The van der Waals surface area contributed by atoms with E-state index in [1.807, 2.05) is 50.3 Å². The van der Waals surface area contributed by atoms with Crippen LogP contribution in [0.4, 0.5) is 0 Å². The minimum Gasteiger partial charge on any atom is -0.341 e. The fourth-order valence-electron chi connectivity index (χ4n) is 5.57. The van der Waals surface area contributed by atoms with Crippen LogP contribution in [-0.2, 0) is 17.6 Å². The summed E-state index contributed by atoms with van der Waals surface area (Å²) >= 11 is 0. The zero-order valence-electron chi connectivity index (χ0n) is 23.0. The van der Waals surface area contributed by atoms with Gasteiger partial charge in [0.25, 0.3) is 11.5 Å². The number of aromatic nitrogens is 6. The van der Waals surface area contributed by atoms with Gasteiger partial charge in [0.2, 0.25) is 0 Å². The number of tetrazole rings is 1. The number of carbonyl (C=O) groups is 1. The Labute approximate surface area is 228 Å². The second-order valence-corrected chi connectivity index (χ2v) is 9.92. The molecule has 4 aromatic rings. The second kappa shape index (κ2) is 11.2. The molecule has 39 heavy (non-hydrogen) atoms. The van der Waals surface area contributed by atoms with Crippen LogP contribution in [0.25, 0.3) is 22.5 Å². The molecule has 2 aromatic heterocycles. The van der Waals surface area contributed by atoms with E-state index in [-0.39, 0.29) is 17.5 Å². The summed E-state index contributed by atoms with van der Waals surface area (Å²) in [6.45, 7) is 9.36. The maximum Gasteiger partial charge on any atom is 0.271 e. The van der Waals surface area contributed by atoms with Crippen LogP contribution in [0.2, 0.25) is 0 Å². The Bertz CT molecular complexity index is 1530.